The second kappa shape index (κ2) is 5.78. The van der Waals surface area contributed by atoms with E-state index in [4.69, 9.17) is 4.74 Å². The Hall–Kier alpha value is -1.97. The summed E-state index contributed by atoms with van der Waals surface area (Å²) < 4.78 is 5.21. The van der Waals surface area contributed by atoms with Crippen LogP contribution in [0.1, 0.15) is 25.3 Å². The van der Waals surface area contributed by atoms with Crippen molar-refractivity contribution in [2.45, 2.75) is 19.8 Å². The van der Waals surface area contributed by atoms with E-state index in [1.165, 1.54) is 0 Å². The highest BCUT2D eigenvalue weighted by atomic mass is 16.5. The zero-order valence-electron chi connectivity index (χ0n) is 11.7. The van der Waals surface area contributed by atoms with Crippen molar-refractivity contribution in [1.82, 2.24) is 4.90 Å². The van der Waals surface area contributed by atoms with Crippen molar-refractivity contribution in [3.63, 3.8) is 0 Å². The summed E-state index contributed by atoms with van der Waals surface area (Å²) in [6, 6.07) is 5.62. The number of nitrogens with zero attached hydrogens (tertiary/aromatic N) is 1. The van der Waals surface area contributed by atoms with E-state index in [9.17, 15) is 4.79 Å². The molecule has 0 radical (unpaired) electrons. The van der Waals surface area contributed by atoms with Crippen molar-refractivity contribution in [2.75, 3.05) is 26.0 Å². The van der Waals surface area contributed by atoms with E-state index in [1.807, 2.05) is 31.4 Å². The van der Waals surface area contributed by atoms with E-state index in [-0.39, 0.29) is 5.91 Å². The van der Waals surface area contributed by atoms with Crippen LogP contribution in [0.25, 0.3) is 5.57 Å². The Morgan fingerprint density at radius 3 is 2.89 bits per heavy atom. The average molecular weight is 260 g/mol. The van der Waals surface area contributed by atoms with Gasteiger partial charge in [-0.05, 0) is 24.6 Å². The van der Waals surface area contributed by atoms with Gasteiger partial charge in [0.25, 0.3) is 5.91 Å². The molecule has 0 saturated heterocycles. The third-order valence-corrected chi connectivity index (χ3v) is 3.22. The van der Waals surface area contributed by atoms with Crippen LogP contribution in [-0.4, -0.2) is 31.5 Å². The highest BCUT2D eigenvalue weighted by Crippen LogP contribution is 2.34. The van der Waals surface area contributed by atoms with Gasteiger partial charge in [0.2, 0.25) is 0 Å². The Kier molecular flexibility index (Phi) is 4.10. The van der Waals surface area contributed by atoms with Gasteiger partial charge in [0.15, 0.2) is 0 Å². The van der Waals surface area contributed by atoms with Crippen LogP contribution in [-0.2, 0) is 4.79 Å². The number of ether oxygens (including phenoxy) is 1. The molecule has 1 aliphatic heterocycles. The molecular formula is C15H20N2O2. The Balaban J connectivity index is 2.27. The molecule has 0 spiro atoms. The molecule has 0 aromatic heterocycles. The van der Waals surface area contributed by atoms with Gasteiger partial charge in [-0.1, -0.05) is 13.3 Å². The van der Waals surface area contributed by atoms with Gasteiger partial charge < -0.3 is 15.0 Å². The van der Waals surface area contributed by atoms with Crippen LogP contribution in [0.5, 0.6) is 5.75 Å². The van der Waals surface area contributed by atoms with Crippen LogP contribution < -0.4 is 10.1 Å². The van der Waals surface area contributed by atoms with Crippen LogP contribution >= 0.6 is 0 Å². The number of methoxy groups -OCH3 is 1. The van der Waals surface area contributed by atoms with Gasteiger partial charge in [0.05, 0.1) is 12.7 Å². The summed E-state index contributed by atoms with van der Waals surface area (Å²) in [6.45, 7) is 3.11. The summed E-state index contributed by atoms with van der Waals surface area (Å²) in [5.41, 5.74) is 2.46. The predicted octanol–water partition coefficient (Wildman–Crippen LogP) is 2.72. The minimum absolute atomic E-state index is 0.0494. The molecule has 1 aromatic carbocycles. The first-order chi connectivity index (χ1) is 9.15. The number of amides is 1. The molecule has 1 amide bonds. The molecule has 0 bridgehead atoms. The minimum Gasteiger partial charge on any atom is -0.497 e. The van der Waals surface area contributed by atoms with Crippen LogP contribution in [0.15, 0.2) is 24.4 Å². The van der Waals surface area contributed by atoms with Gasteiger partial charge in [-0.25, -0.2) is 0 Å². The lowest BCUT2D eigenvalue weighted by Crippen LogP contribution is -2.14. The van der Waals surface area contributed by atoms with Crippen molar-refractivity contribution in [3.05, 3.63) is 30.0 Å². The van der Waals surface area contributed by atoms with Crippen LogP contribution in [0.2, 0.25) is 0 Å². The van der Waals surface area contributed by atoms with E-state index in [1.54, 1.807) is 7.11 Å². The van der Waals surface area contributed by atoms with E-state index < -0.39 is 0 Å². The van der Waals surface area contributed by atoms with Gasteiger partial charge >= 0.3 is 0 Å². The fraction of sp³-hybridized carbons (Fsp3) is 0.400. The lowest BCUT2D eigenvalue weighted by atomic mass is 10.1. The van der Waals surface area contributed by atoms with Crippen molar-refractivity contribution < 1.29 is 9.53 Å². The average Bonchev–Trinajstić information content (AvgIpc) is 2.72. The Bertz CT molecular complexity index is 509. The van der Waals surface area contributed by atoms with Crippen molar-refractivity contribution in [2.24, 2.45) is 0 Å². The molecule has 19 heavy (non-hydrogen) atoms. The largest absolute Gasteiger partial charge is 0.497 e. The zero-order valence-corrected chi connectivity index (χ0v) is 11.7. The van der Waals surface area contributed by atoms with E-state index in [0.717, 1.165) is 36.4 Å². The number of carbonyl (C=O) groups excluding carboxylic acids is 1. The lowest BCUT2D eigenvalue weighted by Gasteiger charge is -2.14. The molecule has 2 rings (SSSR count). The third-order valence-electron chi connectivity index (χ3n) is 3.22. The molecule has 1 aliphatic rings. The van der Waals surface area contributed by atoms with Gasteiger partial charge in [-0.15, -0.1) is 0 Å². The summed E-state index contributed by atoms with van der Waals surface area (Å²) in [4.78, 5) is 14.1. The fourth-order valence-electron chi connectivity index (χ4n) is 2.11. The molecule has 0 atom stereocenters. The number of anilines is 1. The maximum atomic E-state index is 12.0. The van der Waals surface area contributed by atoms with Crippen LogP contribution in [0.3, 0.4) is 0 Å². The summed E-state index contributed by atoms with van der Waals surface area (Å²) in [6.07, 6.45) is 4.17. The summed E-state index contributed by atoms with van der Waals surface area (Å²) in [7, 11) is 3.62. The summed E-state index contributed by atoms with van der Waals surface area (Å²) in [5, 5.41) is 2.87. The predicted molar refractivity (Wildman–Crippen MR) is 77.1 cm³/mol. The monoisotopic (exact) mass is 260 g/mol. The maximum Gasteiger partial charge on any atom is 0.257 e. The van der Waals surface area contributed by atoms with E-state index in [2.05, 4.69) is 17.1 Å². The number of rotatable bonds is 5. The molecular weight excluding hydrogens is 240 g/mol. The number of hydrogen-bond donors (Lipinski definition) is 1. The molecule has 1 aromatic rings. The van der Waals surface area contributed by atoms with E-state index in [0.29, 0.717) is 5.57 Å². The molecule has 4 heteroatoms. The van der Waals surface area contributed by atoms with Gasteiger partial charge in [-0.3, -0.25) is 4.79 Å². The smallest absolute Gasteiger partial charge is 0.257 e. The minimum atomic E-state index is -0.0494. The first-order valence-electron chi connectivity index (χ1n) is 6.57. The van der Waals surface area contributed by atoms with Crippen molar-refractivity contribution >= 4 is 17.2 Å². The van der Waals surface area contributed by atoms with Crippen LogP contribution in [0, 0.1) is 0 Å². The van der Waals surface area contributed by atoms with E-state index >= 15 is 0 Å². The first kappa shape index (κ1) is 13.5. The number of unbranched alkanes of at least 4 members (excludes halogenated alkanes) is 1. The highest BCUT2D eigenvalue weighted by Gasteiger charge is 2.24. The highest BCUT2D eigenvalue weighted by molar-refractivity contribution is 6.31. The Labute approximate surface area is 114 Å². The summed E-state index contributed by atoms with van der Waals surface area (Å²) >= 11 is 0. The normalized spacial score (nSPS) is 15.3. The number of carbonyl (C=O) groups is 1. The topological polar surface area (TPSA) is 41.6 Å². The third kappa shape index (κ3) is 2.89. The van der Waals surface area contributed by atoms with Gasteiger partial charge in [0.1, 0.15) is 5.75 Å². The maximum absolute atomic E-state index is 12.0. The van der Waals surface area contributed by atoms with Crippen LogP contribution in [0.4, 0.5) is 5.69 Å². The fourth-order valence-corrected chi connectivity index (χ4v) is 2.11. The first-order valence-corrected chi connectivity index (χ1v) is 6.57. The number of hydrogen-bond acceptors (Lipinski definition) is 3. The van der Waals surface area contributed by atoms with Crippen molar-refractivity contribution in [3.8, 4) is 5.75 Å². The molecule has 1 heterocycles. The molecule has 0 unspecified atom stereocenters. The second-order valence-corrected chi connectivity index (χ2v) is 4.74. The molecule has 0 fully saturated rings. The standard InChI is InChI=1S/C15H20N2O2/c1-4-5-8-17(2)10-13-12-9-11(19-3)6-7-14(12)16-15(13)18/h6-7,9-10H,4-5,8H2,1-3H3,(H,16,18)/b13-10+. The molecule has 0 aliphatic carbocycles. The quantitative estimate of drug-likeness (QED) is 0.828. The lowest BCUT2D eigenvalue weighted by molar-refractivity contribution is -0.110. The van der Waals surface area contributed by atoms with Gasteiger partial charge in [0, 0.05) is 31.0 Å². The Morgan fingerprint density at radius 1 is 1.42 bits per heavy atom. The molecule has 102 valence electrons. The SMILES string of the molecule is CCCCN(C)/C=C1/C(=O)Nc2ccc(OC)cc21. The molecule has 0 saturated carbocycles. The van der Waals surface area contributed by atoms with Crippen molar-refractivity contribution in [1.29, 1.82) is 0 Å². The van der Waals surface area contributed by atoms with Gasteiger partial charge in [-0.2, -0.15) is 0 Å². The number of benzene rings is 1. The number of fused-ring (bicyclic) bond motifs is 1. The molecule has 1 N–H and O–H groups in total. The Morgan fingerprint density at radius 2 is 2.21 bits per heavy atom. The molecule has 4 nitrogen and oxygen atoms in total. The second-order valence-electron chi connectivity index (χ2n) is 4.74. The summed E-state index contributed by atoms with van der Waals surface area (Å²) in [5.74, 6) is 0.712. The zero-order chi connectivity index (χ0) is 13.8. The number of nitrogens with one attached hydrogen (secondary N) is 1.